The molecule has 0 aliphatic carbocycles. The van der Waals surface area contributed by atoms with E-state index in [-0.39, 0.29) is 0 Å². The summed E-state index contributed by atoms with van der Waals surface area (Å²) in [5.41, 5.74) is 6.24. The SMILES string of the molecule is CCc1cc2c(cc1CC)C(C)(C)CCN2. The van der Waals surface area contributed by atoms with Crippen molar-refractivity contribution < 1.29 is 0 Å². The van der Waals surface area contributed by atoms with Crippen LogP contribution in [0.3, 0.4) is 0 Å². The van der Waals surface area contributed by atoms with E-state index in [1.54, 1.807) is 0 Å². The molecule has 0 saturated heterocycles. The van der Waals surface area contributed by atoms with Gasteiger partial charge in [0.25, 0.3) is 0 Å². The molecule has 0 bridgehead atoms. The van der Waals surface area contributed by atoms with Crippen LogP contribution in [0.1, 0.15) is 50.8 Å². The molecule has 0 amide bonds. The number of aryl methyl sites for hydroxylation is 2. The van der Waals surface area contributed by atoms with E-state index in [1.165, 1.54) is 28.8 Å². The Morgan fingerprint density at radius 3 is 2.38 bits per heavy atom. The van der Waals surface area contributed by atoms with E-state index in [4.69, 9.17) is 0 Å². The van der Waals surface area contributed by atoms with Gasteiger partial charge in [-0.1, -0.05) is 33.8 Å². The molecule has 0 saturated carbocycles. The van der Waals surface area contributed by atoms with Crippen LogP contribution >= 0.6 is 0 Å². The van der Waals surface area contributed by atoms with Crippen LogP contribution in [-0.4, -0.2) is 6.54 Å². The van der Waals surface area contributed by atoms with E-state index < -0.39 is 0 Å². The van der Waals surface area contributed by atoms with Gasteiger partial charge in [-0.15, -0.1) is 0 Å². The minimum Gasteiger partial charge on any atom is -0.385 e. The summed E-state index contributed by atoms with van der Waals surface area (Å²) in [4.78, 5) is 0. The Morgan fingerprint density at radius 1 is 1.12 bits per heavy atom. The third-order valence-electron chi connectivity index (χ3n) is 3.90. The van der Waals surface area contributed by atoms with Crippen LogP contribution in [0.4, 0.5) is 5.69 Å². The molecular formula is C15H23N. The second-order valence-electron chi connectivity index (χ2n) is 5.43. The summed E-state index contributed by atoms with van der Waals surface area (Å²) in [6.45, 7) is 10.3. The lowest BCUT2D eigenvalue weighted by Gasteiger charge is -2.34. The molecule has 1 aromatic carbocycles. The molecule has 0 atom stereocenters. The Hall–Kier alpha value is -0.980. The Labute approximate surface area is 99.3 Å². The smallest absolute Gasteiger partial charge is 0.0381 e. The molecule has 1 aliphatic rings. The minimum absolute atomic E-state index is 0.330. The van der Waals surface area contributed by atoms with Crippen molar-refractivity contribution in [2.24, 2.45) is 0 Å². The molecular weight excluding hydrogens is 194 g/mol. The van der Waals surface area contributed by atoms with E-state index in [9.17, 15) is 0 Å². The number of benzene rings is 1. The zero-order valence-corrected chi connectivity index (χ0v) is 11.0. The second kappa shape index (κ2) is 4.12. The van der Waals surface area contributed by atoms with E-state index >= 15 is 0 Å². The van der Waals surface area contributed by atoms with Gasteiger partial charge in [0.05, 0.1) is 0 Å². The molecule has 0 spiro atoms. The summed E-state index contributed by atoms with van der Waals surface area (Å²) < 4.78 is 0. The van der Waals surface area contributed by atoms with E-state index in [1.807, 2.05) is 0 Å². The third kappa shape index (κ3) is 1.83. The van der Waals surface area contributed by atoms with Gasteiger partial charge in [0.15, 0.2) is 0 Å². The third-order valence-corrected chi connectivity index (χ3v) is 3.90. The Kier molecular flexibility index (Phi) is 2.96. The molecule has 1 aliphatic heterocycles. The molecule has 2 rings (SSSR count). The lowest BCUT2D eigenvalue weighted by atomic mass is 9.77. The van der Waals surface area contributed by atoms with Gasteiger partial charge in [-0.3, -0.25) is 0 Å². The van der Waals surface area contributed by atoms with Crippen molar-refractivity contribution >= 4 is 5.69 Å². The van der Waals surface area contributed by atoms with Crippen LogP contribution in [0.5, 0.6) is 0 Å². The van der Waals surface area contributed by atoms with Crippen molar-refractivity contribution in [1.29, 1.82) is 0 Å². The highest BCUT2D eigenvalue weighted by Crippen LogP contribution is 2.38. The highest BCUT2D eigenvalue weighted by atomic mass is 14.9. The zero-order chi connectivity index (χ0) is 11.8. The highest BCUT2D eigenvalue weighted by Gasteiger charge is 2.27. The fourth-order valence-corrected chi connectivity index (χ4v) is 2.70. The standard InChI is InChI=1S/C15H23N/c1-5-11-9-13-14(10-12(11)6-2)16-8-7-15(13,3)4/h9-10,16H,5-8H2,1-4H3. The maximum atomic E-state index is 3.54. The first kappa shape index (κ1) is 11.5. The molecule has 88 valence electrons. The number of rotatable bonds is 2. The van der Waals surface area contributed by atoms with Crippen LogP contribution in [0.15, 0.2) is 12.1 Å². The molecule has 0 unspecified atom stereocenters. The van der Waals surface area contributed by atoms with Crippen molar-refractivity contribution in [3.63, 3.8) is 0 Å². The fourth-order valence-electron chi connectivity index (χ4n) is 2.70. The summed E-state index contributed by atoms with van der Waals surface area (Å²) in [7, 11) is 0. The van der Waals surface area contributed by atoms with Crippen molar-refractivity contribution in [3.8, 4) is 0 Å². The van der Waals surface area contributed by atoms with Gasteiger partial charge >= 0.3 is 0 Å². The Bertz CT molecular complexity index is 391. The average molecular weight is 217 g/mol. The van der Waals surface area contributed by atoms with Crippen LogP contribution < -0.4 is 5.32 Å². The van der Waals surface area contributed by atoms with E-state index in [0.717, 1.165) is 19.4 Å². The first-order valence-corrected chi connectivity index (χ1v) is 6.48. The Morgan fingerprint density at radius 2 is 1.75 bits per heavy atom. The molecule has 1 nitrogen and oxygen atoms in total. The van der Waals surface area contributed by atoms with Crippen LogP contribution in [0.25, 0.3) is 0 Å². The van der Waals surface area contributed by atoms with Crippen LogP contribution in [0.2, 0.25) is 0 Å². The average Bonchev–Trinajstić information content (AvgIpc) is 2.27. The zero-order valence-electron chi connectivity index (χ0n) is 11.0. The van der Waals surface area contributed by atoms with Crippen LogP contribution in [-0.2, 0) is 18.3 Å². The topological polar surface area (TPSA) is 12.0 Å². The van der Waals surface area contributed by atoms with Crippen molar-refractivity contribution in [1.82, 2.24) is 0 Å². The lowest BCUT2D eigenvalue weighted by Crippen LogP contribution is -2.28. The maximum absolute atomic E-state index is 3.54. The monoisotopic (exact) mass is 217 g/mol. The number of hydrogen-bond acceptors (Lipinski definition) is 1. The number of nitrogens with one attached hydrogen (secondary N) is 1. The number of anilines is 1. The van der Waals surface area contributed by atoms with Crippen molar-refractivity contribution in [3.05, 3.63) is 28.8 Å². The van der Waals surface area contributed by atoms with Gasteiger partial charge in [0, 0.05) is 12.2 Å². The predicted molar refractivity (Wildman–Crippen MR) is 71.3 cm³/mol. The number of fused-ring (bicyclic) bond motifs is 1. The highest BCUT2D eigenvalue weighted by molar-refractivity contribution is 5.60. The molecule has 1 heteroatoms. The molecule has 1 heterocycles. The molecule has 0 aromatic heterocycles. The Balaban J connectivity index is 2.55. The maximum Gasteiger partial charge on any atom is 0.0381 e. The fraction of sp³-hybridized carbons (Fsp3) is 0.600. The summed E-state index contributed by atoms with van der Waals surface area (Å²) >= 11 is 0. The predicted octanol–water partition coefficient (Wildman–Crippen LogP) is 3.90. The van der Waals surface area contributed by atoms with Gasteiger partial charge in [-0.2, -0.15) is 0 Å². The van der Waals surface area contributed by atoms with Crippen molar-refractivity contribution in [2.75, 3.05) is 11.9 Å². The number of hydrogen-bond donors (Lipinski definition) is 1. The normalized spacial score (nSPS) is 17.8. The molecule has 0 radical (unpaired) electrons. The van der Waals surface area contributed by atoms with Crippen LogP contribution in [0, 0.1) is 0 Å². The van der Waals surface area contributed by atoms with Gasteiger partial charge in [0.2, 0.25) is 0 Å². The summed E-state index contributed by atoms with van der Waals surface area (Å²) in [5.74, 6) is 0. The van der Waals surface area contributed by atoms with Crippen molar-refractivity contribution in [2.45, 2.75) is 52.4 Å². The van der Waals surface area contributed by atoms with E-state index in [2.05, 4.69) is 45.1 Å². The minimum atomic E-state index is 0.330. The van der Waals surface area contributed by atoms with Gasteiger partial charge < -0.3 is 5.32 Å². The summed E-state index contributed by atoms with van der Waals surface area (Å²) in [5, 5.41) is 3.54. The quantitative estimate of drug-likeness (QED) is 0.792. The first-order chi connectivity index (χ1) is 7.58. The molecule has 1 aromatic rings. The second-order valence-corrected chi connectivity index (χ2v) is 5.43. The molecule has 0 fully saturated rings. The lowest BCUT2D eigenvalue weighted by molar-refractivity contribution is 0.481. The van der Waals surface area contributed by atoms with Gasteiger partial charge in [0.1, 0.15) is 0 Å². The molecule has 16 heavy (non-hydrogen) atoms. The van der Waals surface area contributed by atoms with Gasteiger partial charge in [-0.25, -0.2) is 0 Å². The largest absolute Gasteiger partial charge is 0.385 e. The van der Waals surface area contributed by atoms with E-state index in [0.29, 0.717) is 5.41 Å². The first-order valence-electron chi connectivity index (χ1n) is 6.48. The van der Waals surface area contributed by atoms with Gasteiger partial charge in [-0.05, 0) is 47.4 Å². The summed E-state index contributed by atoms with van der Waals surface area (Å²) in [6, 6.07) is 4.80. The summed E-state index contributed by atoms with van der Waals surface area (Å²) in [6.07, 6.45) is 3.51. The molecule has 1 N–H and O–H groups in total.